The number of halogens is 2. The van der Waals surface area contributed by atoms with Gasteiger partial charge in [0.1, 0.15) is 5.76 Å². The van der Waals surface area contributed by atoms with Gasteiger partial charge in [-0.25, -0.2) is 0 Å². The molecule has 0 bridgehead atoms. The van der Waals surface area contributed by atoms with Crippen LogP contribution in [0.1, 0.15) is 18.6 Å². The van der Waals surface area contributed by atoms with Crippen LogP contribution in [0.25, 0.3) is 0 Å². The van der Waals surface area contributed by atoms with E-state index in [9.17, 15) is 0 Å². The monoisotopic (exact) mass is 364 g/mol. The summed E-state index contributed by atoms with van der Waals surface area (Å²) in [5.41, 5.74) is 0. The smallest absolute Gasteiger partial charge is 0.183 e. The van der Waals surface area contributed by atoms with E-state index in [0.717, 1.165) is 40.5 Å². The second-order valence-electron chi connectivity index (χ2n) is 4.74. The zero-order chi connectivity index (χ0) is 12.3. The molecule has 0 radical (unpaired) electrons. The van der Waals surface area contributed by atoms with Crippen LogP contribution in [0.5, 0.6) is 0 Å². The van der Waals surface area contributed by atoms with E-state index in [0.29, 0.717) is 0 Å². The van der Waals surface area contributed by atoms with Crippen molar-refractivity contribution < 1.29 is 4.42 Å². The zero-order valence-electron chi connectivity index (χ0n) is 10.0. The summed E-state index contributed by atoms with van der Waals surface area (Å²) < 4.78 is 7.35. The molecule has 0 amide bonds. The molecule has 1 fully saturated rings. The van der Waals surface area contributed by atoms with E-state index >= 15 is 0 Å². The van der Waals surface area contributed by atoms with Gasteiger partial charge in [0.2, 0.25) is 0 Å². The minimum atomic E-state index is 0.774. The Hall–Kier alpha value is 0.160. The van der Waals surface area contributed by atoms with Crippen LogP contribution in [-0.4, -0.2) is 31.6 Å². The topological polar surface area (TPSA) is 28.4 Å². The SMILES string of the molecule is CN(Cc1cc(Br)c(Br)o1)CC1CCCNC1. The van der Waals surface area contributed by atoms with Gasteiger partial charge in [-0.15, -0.1) is 0 Å². The molecule has 0 spiro atoms. The first-order chi connectivity index (χ1) is 8.15. The standard InChI is InChI=1S/C12H18Br2N2O/c1-16(7-9-3-2-4-15-6-9)8-10-5-11(13)12(14)17-10/h5,9,15H,2-4,6-8H2,1H3. The van der Waals surface area contributed by atoms with Crippen LogP contribution in [0.4, 0.5) is 0 Å². The van der Waals surface area contributed by atoms with Crippen LogP contribution in [0.15, 0.2) is 19.6 Å². The Morgan fingerprint density at radius 3 is 2.94 bits per heavy atom. The third-order valence-electron chi connectivity index (χ3n) is 3.09. The maximum absolute atomic E-state index is 5.59. The molecule has 1 aliphatic rings. The molecule has 1 unspecified atom stereocenters. The van der Waals surface area contributed by atoms with Crippen molar-refractivity contribution in [3.8, 4) is 0 Å². The number of furan rings is 1. The third kappa shape index (κ3) is 4.09. The first-order valence-corrected chi connectivity index (χ1v) is 7.56. The Bertz CT molecular complexity index is 342. The molecule has 3 nitrogen and oxygen atoms in total. The molecule has 2 heterocycles. The molecule has 0 aliphatic carbocycles. The summed E-state index contributed by atoms with van der Waals surface area (Å²) in [4.78, 5) is 2.33. The van der Waals surface area contributed by atoms with Gasteiger partial charge in [-0.1, -0.05) is 0 Å². The van der Waals surface area contributed by atoms with Crippen LogP contribution >= 0.6 is 31.9 Å². The molecule has 0 saturated carbocycles. The van der Waals surface area contributed by atoms with Crippen molar-refractivity contribution in [3.63, 3.8) is 0 Å². The molecular weight excluding hydrogens is 348 g/mol. The van der Waals surface area contributed by atoms with E-state index in [1.807, 2.05) is 6.07 Å². The second-order valence-corrected chi connectivity index (χ2v) is 6.32. The Balaban J connectivity index is 1.81. The maximum atomic E-state index is 5.59. The van der Waals surface area contributed by atoms with Gasteiger partial charge in [-0.05, 0) is 76.8 Å². The lowest BCUT2D eigenvalue weighted by atomic mass is 9.99. The van der Waals surface area contributed by atoms with Gasteiger partial charge < -0.3 is 9.73 Å². The Morgan fingerprint density at radius 1 is 1.53 bits per heavy atom. The number of hydrogen-bond acceptors (Lipinski definition) is 3. The van der Waals surface area contributed by atoms with Gasteiger partial charge in [-0.3, -0.25) is 4.90 Å². The largest absolute Gasteiger partial charge is 0.452 e. The fourth-order valence-electron chi connectivity index (χ4n) is 2.32. The molecule has 96 valence electrons. The molecule has 5 heteroatoms. The summed E-state index contributed by atoms with van der Waals surface area (Å²) in [6, 6.07) is 2.03. The fraction of sp³-hybridized carbons (Fsp3) is 0.667. The van der Waals surface area contributed by atoms with Crippen molar-refractivity contribution in [2.24, 2.45) is 5.92 Å². The fourth-order valence-corrected chi connectivity index (χ4v) is 2.98. The molecule has 1 aliphatic heterocycles. The Morgan fingerprint density at radius 2 is 2.35 bits per heavy atom. The van der Waals surface area contributed by atoms with Crippen molar-refractivity contribution in [2.45, 2.75) is 19.4 Å². The van der Waals surface area contributed by atoms with E-state index < -0.39 is 0 Å². The van der Waals surface area contributed by atoms with Crippen molar-refractivity contribution in [3.05, 3.63) is 21.0 Å². The lowest BCUT2D eigenvalue weighted by Gasteiger charge is -2.27. The van der Waals surface area contributed by atoms with E-state index in [1.54, 1.807) is 0 Å². The summed E-state index contributed by atoms with van der Waals surface area (Å²) >= 11 is 6.80. The van der Waals surface area contributed by atoms with Gasteiger partial charge in [0, 0.05) is 6.54 Å². The first-order valence-electron chi connectivity index (χ1n) is 5.98. The minimum Gasteiger partial charge on any atom is -0.452 e. The Kier molecular flexibility index (Phi) is 5.09. The van der Waals surface area contributed by atoms with Crippen LogP contribution in [0.3, 0.4) is 0 Å². The van der Waals surface area contributed by atoms with Gasteiger partial charge in [0.15, 0.2) is 4.67 Å². The average molecular weight is 366 g/mol. The van der Waals surface area contributed by atoms with Crippen LogP contribution in [0, 0.1) is 5.92 Å². The number of hydrogen-bond donors (Lipinski definition) is 1. The number of rotatable bonds is 4. The van der Waals surface area contributed by atoms with Gasteiger partial charge >= 0.3 is 0 Å². The summed E-state index contributed by atoms with van der Waals surface area (Å²) in [6.45, 7) is 4.32. The second kappa shape index (κ2) is 6.36. The predicted molar refractivity (Wildman–Crippen MR) is 76.0 cm³/mol. The van der Waals surface area contributed by atoms with Gasteiger partial charge in [-0.2, -0.15) is 0 Å². The quantitative estimate of drug-likeness (QED) is 0.887. The highest BCUT2D eigenvalue weighted by molar-refractivity contribution is 9.13. The zero-order valence-corrected chi connectivity index (χ0v) is 13.2. The van der Waals surface area contributed by atoms with E-state index in [4.69, 9.17) is 4.42 Å². The van der Waals surface area contributed by atoms with Gasteiger partial charge in [0.05, 0.1) is 11.0 Å². The Labute approximate surface area is 119 Å². The summed E-state index contributed by atoms with van der Waals surface area (Å²) in [7, 11) is 2.15. The number of piperidine rings is 1. The maximum Gasteiger partial charge on any atom is 0.183 e. The van der Waals surface area contributed by atoms with Gasteiger partial charge in [0.25, 0.3) is 0 Å². The molecule has 17 heavy (non-hydrogen) atoms. The summed E-state index contributed by atoms with van der Waals surface area (Å²) in [6.07, 6.45) is 2.64. The number of nitrogens with zero attached hydrogens (tertiary/aromatic N) is 1. The summed E-state index contributed by atoms with van der Waals surface area (Å²) in [5.74, 6) is 1.77. The molecule has 1 saturated heterocycles. The molecule has 0 aromatic carbocycles. The van der Waals surface area contributed by atoms with Crippen LogP contribution in [0.2, 0.25) is 0 Å². The van der Waals surface area contributed by atoms with E-state index in [1.165, 1.54) is 19.4 Å². The first kappa shape index (κ1) is 13.6. The molecule has 1 aromatic heterocycles. The predicted octanol–water partition coefficient (Wildman–Crippen LogP) is 3.24. The lowest BCUT2D eigenvalue weighted by Crippen LogP contribution is -2.36. The highest BCUT2D eigenvalue weighted by Crippen LogP contribution is 2.27. The molecule has 1 N–H and O–H groups in total. The molecule has 1 aromatic rings. The summed E-state index contributed by atoms with van der Waals surface area (Å²) in [5, 5.41) is 3.45. The van der Waals surface area contributed by atoms with Crippen molar-refractivity contribution in [1.29, 1.82) is 0 Å². The highest BCUT2D eigenvalue weighted by atomic mass is 79.9. The van der Waals surface area contributed by atoms with E-state index in [-0.39, 0.29) is 0 Å². The average Bonchev–Trinajstić information content (AvgIpc) is 2.59. The highest BCUT2D eigenvalue weighted by Gasteiger charge is 2.16. The third-order valence-corrected chi connectivity index (χ3v) is 4.80. The molecule has 1 atom stereocenters. The molecular formula is C12H18Br2N2O. The normalized spacial score (nSPS) is 21.1. The van der Waals surface area contributed by atoms with Crippen LogP contribution < -0.4 is 5.32 Å². The molecule has 2 rings (SSSR count). The van der Waals surface area contributed by atoms with E-state index in [2.05, 4.69) is 49.1 Å². The van der Waals surface area contributed by atoms with Crippen LogP contribution in [-0.2, 0) is 6.54 Å². The minimum absolute atomic E-state index is 0.774. The van der Waals surface area contributed by atoms with Crippen molar-refractivity contribution in [1.82, 2.24) is 10.2 Å². The lowest BCUT2D eigenvalue weighted by molar-refractivity contribution is 0.223. The van der Waals surface area contributed by atoms with Crippen molar-refractivity contribution >= 4 is 31.9 Å². The number of nitrogens with one attached hydrogen (secondary N) is 1. The van der Waals surface area contributed by atoms with Crippen molar-refractivity contribution in [2.75, 3.05) is 26.7 Å².